The first-order valence-corrected chi connectivity index (χ1v) is 6.38. The molecule has 2 rings (SSSR count). The zero-order chi connectivity index (χ0) is 13.0. The van der Waals surface area contributed by atoms with Crippen molar-refractivity contribution in [2.45, 2.75) is 44.1 Å². The molecule has 0 unspecified atom stereocenters. The molecule has 1 aromatic rings. The van der Waals surface area contributed by atoms with Gasteiger partial charge in [-0.3, -0.25) is 9.78 Å². The molecule has 0 spiro atoms. The van der Waals surface area contributed by atoms with E-state index in [9.17, 15) is 9.18 Å². The molecular weight excluding hydrogens is 233 g/mol. The van der Waals surface area contributed by atoms with Gasteiger partial charge in [0.15, 0.2) is 5.78 Å². The molecule has 98 valence electrons. The minimum absolute atomic E-state index is 0.140. The zero-order valence-corrected chi connectivity index (χ0v) is 10.6. The molecule has 1 aromatic heterocycles. The third-order valence-corrected chi connectivity index (χ3v) is 3.68. The van der Waals surface area contributed by atoms with E-state index in [-0.39, 0.29) is 5.78 Å². The van der Waals surface area contributed by atoms with Gasteiger partial charge < -0.3 is 4.74 Å². The summed E-state index contributed by atoms with van der Waals surface area (Å²) in [5, 5.41) is 0. The molecule has 1 aliphatic carbocycles. The predicted octanol–water partition coefficient (Wildman–Crippen LogP) is 3.14. The Morgan fingerprint density at radius 3 is 2.50 bits per heavy atom. The van der Waals surface area contributed by atoms with Crippen molar-refractivity contribution in [2.24, 2.45) is 0 Å². The van der Waals surface area contributed by atoms with E-state index in [2.05, 4.69) is 4.98 Å². The van der Waals surface area contributed by atoms with Crippen LogP contribution in [0, 0.1) is 5.82 Å². The summed E-state index contributed by atoms with van der Waals surface area (Å²) in [6, 6.07) is 1.24. The van der Waals surface area contributed by atoms with E-state index >= 15 is 0 Å². The second-order valence-electron chi connectivity index (χ2n) is 4.83. The molecule has 0 radical (unpaired) electrons. The Bertz CT molecular complexity index is 426. The molecule has 0 aliphatic heterocycles. The van der Waals surface area contributed by atoms with Crippen molar-refractivity contribution >= 4 is 5.78 Å². The summed E-state index contributed by atoms with van der Waals surface area (Å²) >= 11 is 0. The molecule has 1 heterocycles. The molecule has 1 fully saturated rings. The first-order valence-electron chi connectivity index (χ1n) is 6.38. The number of aromatic nitrogens is 1. The summed E-state index contributed by atoms with van der Waals surface area (Å²) in [5.74, 6) is -0.625. The lowest BCUT2D eigenvalue weighted by molar-refractivity contribution is -0.00697. The number of carbonyl (C=O) groups excluding carboxylic acids is 1. The fourth-order valence-corrected chi connectivity index (χ4v) is 2.62. The maximum atomic E-state index is 13.1. The van der Waals surface area contributed by atoms with Crippen molar-refractivity contribution in [3.05, 3.63) is 29.8 Å². The number of pyridine rings is 1. The van der Waals surface area contributed by atoms with E-state index in [0.29, 0.717) is 18.4 Å². The van der Waals surface area contributed by atoms with Crippen molar-refractivity contribution in [1.29, 1.82) is 0 Å². The highest BCUT2D eigenvalue weighted by atomic mass is 19.1. The van der Waals surface area contributed by atoms with Gasteiger partial charge >= 0.3 is 0 Å². The van der Waals surface area contributed by atoms with E-state index in [1.807, 2.05) is 0 Å². The highest BCUT2D eigenvalue weighted by Gasteiger charge is 2.39. The van der Waals surface area contributed by atoms with E-state index < -0.39 is 11.4 Å². The molecule has 18 heavy (non-hydrogen) atoms. The van der Waals surface area contributed by atoms with Crippen molar-refractivity contribution in [1.82, 2.24) is 4.98 Å². The molecule has 0 aromatic carbocycles. The Hall–Kier alpha value is -1.29. The number of Topliss-reactive ketones (excluding diaryl/α,β-unsaturated/α-hetero) is 1. The first-order chi connectivity index (χ1) is 8.68. The zero-order valence-electron chi connectivity index (χ0n) is 10.6. The van der Waals surface area contributed by atoms with Crippen LogP contribution in [0.2, 0.25) is 0 Å². The minimum atomic E-state index is -0.786. The molecule has 1 aliphatic rings. The van der Waals surface area contributed by atoms with Crippen LogP contribution in [0.1, 0.15) is 48.9 Å². The van der Waals surface area contributed by atoms with Crippen molar-refractivity contribution in [3.8, 4) is 0 Å². The van der Waals surface area contributed by atoms with Crippen LogP contribution in [-0.2, 0) is 4.74 Å². The number of ether oxygens (including phenoxy) is 1. The van der Waals surface area contributed by atoms with Gasteiger partial charge in [0.1, 0.15) is 11.4 Å². The molecule has 0 saturated heterocycles. The van der Waals surface area contributed by atoms with Gasteiger partial charge in [-0.05, 0) is 18.9 Å². The van der Waals surface area contributed by atoms with Crippen LogP contribution in [0.4, 0.5) is 4.39 Å². The van der Waals surface area contributed by atoms with Gasteiger partial charge in [0, 0.05) is 18.9 Å². The van der Waals surface area contributed by atoms with Crippen LogP contribution < -0.4 is 0 Å². The van der Waals surface area contributed by atoms with Gasteiger partial charge in [0.25, 0.3) is 0 Å². The summed E-state index contributed by atoms with van der Waals surface area (Å²) < 4.78 is 18.7. The molecule has 1 saturated carbocycles. The van der Waals surface area contributed by atoms with E-state index in [0.717, 1.165) is 31.9 Å². The maximum absolute atomic E-state index is 13.1. The van der Waals surface area contributed by atoms with Crippen LogP contribution in [0.3, 0.4) is 0 Å². The van der Waals surface area contributed by atoms with Crippen LogP contribution in [0.25, 0.3) is 0 Å². The summed E-state index contributed by atoms with van der Waals surface area (Å²) in [6.45, 7) is 0. The molecule has 3 nitrogen and oxygen atoms in total. The van der Waals surface area contributed by atoms with Crippen molar-refractivity contribution < 1.29 is 13.9 Å². The molecule has 4 heteroatoms. The third kappa shape index (κ3) is 2.58. The highest BCUT2D eigenvalue weighted by Crippen LogP contribution is 2.33. The second kappa shape index (κ2) is 5.57. The second-order valence-corrected chi connectivity index (χ2v) is 4.83. The highest BCUT2D eigenvalue weighted by molar-refractivity contribution is 6.02. The summed E-state index contributed by atoms with van der Waals surface area (Å²) in [5.41, 5.74) is -0.481. The van der Waals surface area contributed by atoms with Gasteiger partial charge in [-0.25, -0.2) is 4.39 Å². The van der Waals surface area contributed by atoms with Crippen LogP contribution >= 0.6 is 0 Å². The van der Waals surface area contributed by atoms with Gasteiger partial charge in [0.2, 0.25) is 0 Å². The lowest BCUT2D eigenvalue weighted by atomic mass is 9.86. The SMILES string of the molecule is COC1(C(=O)c2cncc(F)c2)CCCCCC1. The number of carbonyl (C=O) groups is 1. The number of hydrogen-bond acceptors (Lipinski definition) is 3. The normalized spacial score (nSPS) is 19.2. The molecule has 0 amide bonds. The number of halogens is 1. The van der Waals surface area contributed by atoms with Gasteiger partial charge in [-0.15, -0.1) is 0 Å². The number of ketones is 1. The van der Waals surface area contributed by atoms with Crippen molar-refractivity contribution in [3.63, 3.8) is 0 Å². The quantitative estimate of drug-likeness (QED) is 0.612. The third-order valence-electron chi connectivity index (χ3n) is 3.68. The standard InChI is InChI=1S/C14H18FNO2/c1-18-14(6-4-2-3-5-7-14)13(17)11-8-12(15)10-16-9-11/h8-10H,2-7H2,1H3. The number of nitrogens with zero attached hydrogens (tertiary/aromatic N) is 1. The Kier molecular flexibility index (Phi) is 4.07. The Morgan fingerprint density at radius 2 is 1.94 bits per heavy atom. The topological polar surface area (TPSA) is 39.2 Å². The van der Waals surface area contributed by atoms with Gasteiger partial charge in [0.05, 0.1) is 6.20 Å². The molecule has 0 N–H and O–H groups in total. The first kappa shape index (κ1) is 13.1. The fraction of sp³-hybridized carbons (Fsp3) is 0.571. The Morgan fingerprint density at radius 1 is 1.28 bits per heavy atom. The van der Waals surface area contributed by atoms with E-state index in [4.69, 9.17) is 4.74 Å². The van der Waals surface area contributed by atoms with Gasteiger partial charge in [-0.2, -0.15) is 0 Å². The monoisotopic (exact) mass is 251 g/mol. The minimum Gasteiger partial charge on any atom is -0.370 e. The lowest BCUT2D eigenvalue weighted by Gasteiger charge is -2.29. The Labute approximate surface area is 106 Å². The summed E-state index contributed by atoms with van der Waals surface area (Å²) in [7, 11) is 1.57. The fourth-order valence-electron chi connectivity index (χ4n) is 2.62. The average molecular weight is 251 g/mol. The predicted molar refractivity (Wildman–Crippen MR) is 66.0 cm³/mol. The molecule has 0 bridgehead atoms. The summed E-state index contributed by atoms with van der Waals surface area (Å²) in [6.07, 6.45) is 8.13. The van der Waals surface area contributed by atoms with Crippen LogP contribution in [0.5, 0.6) is 0 Å². The average Bonchev–Trinajstić information content (AvgIpc) is 2.64. The van der Waals surface area contributed by atoms with Crippen LogP contribution in [0.15, 0.2) is 18.5 Å². The summed E-state index contributed by atoms with van der Waals surface area (Å²) in [4.78, 5) is 16.3. The largest absolute Gasteiger partial charge is 0.370 e. The van der Waals surface area contributed by atoms with Gasteiger partial charge in [-0.1, -0.05) is 25.7 Å². The molecular formula is C14H18FNO2. The lowest BCUT2D eigenvalue weighted by Crippen LogP contribution is -2.40. The van der Waals surface area contributed by atoms with E-state index in [1.165, 1.54) is 12.3 Å². The number of hydrogen-bond donors (Lipinski definition) is 0. The number of rotatable bonds is 3. The molecule has 0 atom stereocenters. The Balaban J connectivity index is 2.28. The smallest absolute Gasteiger partial charge is 0.196 e. The van der Waals surface area contributed by atoms with Crippen LogP contribution in [-0.4, -0.2) is 23.5 Å². The number of methoxy groups -OCH3 is 1. The maximum Gasteiger partial charge on any atom is 0.196 e. The van der Waals surface area contributed by atoms with Crippen molar-refractivity contribution in [2.75, 3.05) is 7.11 Å². The van der Waals surface area contributed by atoms with E-state index in [1.54, 1.807) is 7.11 Å².